The maximum Gasteiger partial charge on any atom is 0.243 e. The third-order valence-corrected chi connectivity index (χ3v) is 8.13. The Morgan fingerprint density at radius 2 is 1.68 bits per heavy atom. The van der Waals surface area contributed by atoms with Crippen LogP contribution in [0.1, 0.15) is 25.7 Å². The molecule has 1 saturated carbocycles. The molecule has 25 heavy (non-hydrogen) atoms. The van der Waals surface area contributed by atoms with Gasteiger partial charge in [0, 0.05) is 19.1 Å². The Labute approximate surface area is 149 Å². The summed E-state index contributed by atoms with van der Waals surface area (Å²) in [6, 6.07) is 5.63. The smallest absolute Gasteiger partial charge is 0.243 e. The summed E-state index contributed by atoms with van der Waals surface area (Å²) in [5, 5.41) is 3.13. The van der Waals surface area contributed by atoms with Crippen LogP contribution in [0.3, 0.4) is 0 Å². The molecule has 2 aliphatic rings. The number of nitrogens with one attached hydrogen (secondary N) is 2. The molecule has 0 atom stereocenters. The molecular weight excluding hydrogens is 362 g/mol. The minimum absolute atomic E-state index is 0.00513. The second-order valence-electron chi connectivity index (χ2n) is 6.78. The van der Waals surface area contributed by atoms with Crippen LogP contribution in [0.2, 0.25) is 0 Å². The topological polar surface area (TPSA) is 95.6 Å². The number of hydrogen-bond acceptors (Lipinski definition) is 5. The molecule has 2 fully saturated rings. The summed E-state index contributed by atoms with van der Waals surface area (Å²) in [5.41, 5.74) is 0. The Morgan fingerprint density at radius 1 is 1.04 bits per heavy atom. The summed E-state index contributed by atoms with van der Waals surface area (Å²) in [4.78, 5) is 0.0452. The summed E-state index contributed by atoms with van der Waals surface area (Å²) in [6.45, 7) is 1.81. The number of nitrogens with zero attached hydrogens (tertiary/aromatic N) is 1. The Kier molecular flexibility index (Phi) is 5.50. The van der Waals surface area contributed by atoms with E-state index in [9.17, 15) is 16.8 Å². The van der Waals surface area contributed by atoms with E-state index in [-0.39, 0.29) is 15.8 Å². The molecule has 0 radical (unpaired) electrons. The van der Waals surface area contributed by atoms with Crippen molar-refractivity contribution >= 4 is 20.0 Å². The molecule has 0 aromatic heterocycles. The standard InChI is InChI=1S/C16H25N3O4S2/c1-17-12-13-7-9-19(10-8-13)25(22,23)16-4-2-3-15(11-16)24(20,21)18-14-5-6-14/h2-4,11,13-14,17-18H,5-10,12H2,1H3. The summed E-state index contributed by atoms with van der Waals surface area (Å²) >= 11 is 0. The Hall–Kier alpha value is -1.00. The van der Waals surface area contributed by atoms with Crippen LogP contribution in [0.4, 0.5) is 0 Å². The third kappa shape index (κ3) is 4.40. The SMILES string of the molecule is CNCC1CCN(S(=O)(=O)c2cccc(S(=O)(=O)NC3CC3)c2)CC1. The lowest BCUT2D eigenvalue weighted by Gasteiger charge is -2.31. The molecule has 1 aliphatic carbocycles. The lowest BCUT2D eigenvalue weighted by atomic mass is 9.98. The highest BCUT2D eigenvalue weighted by molar-refractivity contribution is 7.90. The zero-order valence-electron chi connectivity index (χ0n) is 14.3. The van der Waals surface area contributed by atoms with E-state index < -0.39 is 20.0 Å². The molecular formula is C16H25N3O4S2. The van der Waals surface area contributed by atoms with Gasteiger partial charge in [0.2, 0.25) is 20.0 Å². The lowest BCUT2D eigenvalue weighted by Crippen LogP contribution is -2.40. The molecule has 1 aliphatic heterocycles. The molecule has 0 amide bonds. The molecule has 1 heterocycles. The molecule has 2 N–H and O–H groups in total. The van der Waals surface area contributed by atoms with Crippen molar-refractivity contribution < 1.29 is 16.8 Å². The molecule has 7 nitrogen and oxygen atoms in total. The minimum Gasteiger partial charge on any atom is -0.319 e. The van der Waals surface area contributed by atoms with E-state index in [2.05, 4.69) is 10.0 Å². The number of hydrogen-bond donors (Lipinski definition) is 2. The summed E-state index contributed by atoms with van der Waals surface area (Å²) in [5.74, 6) is 0.478. The molecule has 140 valence electrons. The van der Waals surface area contributed by atoms with E-state index in [0.717, 1.165) is 32.2 Å². The van der Waals surface area contributed by atoms with Gasteiger partial charge in [0.25, 0.3) is 0 Å². The van der Waals surface area contributed by atoms with Crippen molar-refractivity contribution in [3.05, 3.63) is 24.3 Å². The Morgan fingerprint density at radius 3 is 2.28 bits per heavy atom. The van der Waals surface area contributed by atoms with Crippen LogP contribution in [0.15, 0.2) is 34.1 Å². The van der Waals surface area contributed by atoms with Crippen molar-refractivity contribution in [1.29, 1.82) is 0 Å². The van der Waals surface area contributed by atoms with E-state index >= 15 is 0 Å². The third-order valence-electron chi connectivity index (χ3n) is 4.72. The van der Waals surface area contributed by atoms with Crippen molar-refractivity contribution in [2.24, 2.45) is 5.92 Å². The van der Waals surface area contributed by atoms with Crippen LogP contribution < -0.4 is 10.0 Å². The Balaban J connectivity index is 1.77. The van der Waals surface area contributed by atoms with Gasteiger partial charge in [0.15, 0.2) is 0 Å². The van der Waals surface area contributed by atoms with Gasteiger partial charge in [-0.15, -0.1) is 0 Å². The first-order chi connectivity index (χ1) is 11.8. The maximum atomic E-state index is 12.9. The zero-order valence-corrected chi connectivity index (χ0v) is 15.9. The average molecular weight is 388 g/mol. The average Bonchev–Trinajstić information content (AvgIpc) is 3.39. The van der Waals surface area contributed by atoms with Crippen LogP contribution in [0, 0.1) is 5.92 Å². The number of rotatable bonds is 7. The molecule has 1 saturated heterocycles. The zero-order chi connectivity index (χ0) is 18.1. The second-order valence-corrected chi connectivity index (χ2v) is 10.4. The predicted molar refractivity (Wildman–Crippen MR) is 95.2 cm³/mol. The van der Waals surface area contributed by atoms with Gasteiger partial charge in [-0.1, -0.05) is 6.07 Å². The predicted octanol–water partition coefficient (Wildman–Crippen LogP) is 0.747. The largest absolute Gasteiger partial charge is 0.319 e. The highest BCUT2D eigenvalue weighted by Gasteiger charge is 2.31. The minimum atomic E-state index is -3.68. The van der Waals surface area contributed by atoms with Crippen LogP contribution >= 0.6 is 0 Å². The van der Waals surface area contributed by atoms with E-state index in [4.69, 9.17) is 0 Å². The molecule has 1 aromatic carbocycles. The fourth-order valence-electron chi connectivity index (χ4n) is 3.08. The summed E-state index contributed by atoms with van der Waals surface area (Å²) in [6.07, 6.45) is 3.28. The van der Waals surface area contributed by atoms with Gasteiger partial charge in [0.05, 0.1) is 9.79 Å². The lowest BCUT2D eigenvalue weighted by molar-refractivity contribution is 0.270. The van der Waals surface area contributed by atoms with Gasteiger partial charge in [-0.2, -0.15) is 4.31 Å². The monoisotopic (exact) mass is 387 g/mol. The number of benzene rings is 1. The fourth-order valence-corrected chi connectivity index (χ4v) is 6.02. The van der Waals surface area contributed by atoms with Gasteiger partial charge in [-0.05, 0) is 63.4 Å². The van der Waals surface area contributed by atoms with Crippen molar-refractivity contribution in [1.82, 2.24) is 14.3 Å². The van der Waals surface area contributed by atoms with Gasteiger partial charge in [-0.3, -0.25) is 0 Å². The van der Waals surface area contributed by atoms with Gasteiger partial charge < -0.3 is 5.32 Å². The number of piperidine rings is 1. The first kappa shape index (κ1) is 18.8. The molecule has 3 rings (SSSR count). The summed E-state index contributed by atoms with van der Waals surface area (Å²) in [7, 11) is -5.45. The van der Waals surface area contributed by atoms with Gasteiger partial charge in [-0.25, -0.2) is 21.6 Å². The second kappa shape index (κ2) is 7.32. The van der Waals surface area contributed by atoms with Gasteiger partial charge >= 0.3 is 0 Å². The van der Waals surface area contributed by atoms with Crippen molar-refractivity contribution in [3.63, 3.8) is 0 Å². The van der Waals surface area contributed by atoms with E-state index in [1.807, 2.05) is 7.05 Å². The van der Waals surface area contributed by atoms with Crippen molar-refractivity contribution in [3.8, 4) is 0 Å². The highest BCUT2D eigenvalue weighted by Crippen LogP contribution is 2.26. The van der Waals surface area contributed by atoms with E-state index in [1.54, 1.807) is 0 Å². The maximum absolute atomic E-state index is 12.9. The van der Waals surface area contributed by atoms with Crippen LogP contribution in [0.25, 0.3) is 0 Å². The van der Waals surface area contributed by atoms with Crippen molar-refractivity contribution in [2.45, 2.75) is 41.5 Å². The molecule has 9 heteroatoms. The van der Waals surface area contributed by atoms with E-state index in [0.29, 0.717) is 19.0 Å². The van der Waals surface area contributed by atoms with Crippen molar-refractivity contribution in [2.75, 3.05) is 26.7 Å². The fraction of sp³-hybridized carbons (Fsp3) is 0.625. The molecule has 0 bridgehead atoms. The quantitative estimate of drug-likeness (QED) is 0.720. The number of sulfonamides is 2. The Bertz CT molecular complexity index is 812. The molecule has 0 unspecified atom stereocenters. The highest BCUT2D eigenvalue weighted by atomic mass is 32.2. The van der Waals surface area contributed by atoms with Crippen LogP contribution in [0.5, 0.6) is 0 Å². The van der Waals surface area contributed by atoms with Crippen LogP contribution in [-0.2, 0) is 20.0 Å². The van der Waals surface area contributed by atoms with Gasteiger partial charge in [0.1, 0.15) is 0 Å². The van der Waals surface area contributed by atoms with Crippen LogP contribution in [-0.4, -0.2) is 53.9 Å². The first-order valence-corrected chi connectivity index (χ1v) is 11.5. The normalized spacial score (nSPS) is 20.7. The first-order valence-electron chi connectivity index (χ1n) is 8.60. The summed E-state index contributed by atoms with van der Waals surface area (Å²) < 4.78 is 54.4. The molecule has 1 aromatic rings. The van der Waals surface area contributed by atoms with E-state index in [1.165, 1.54) is 28.6 Å². The molecule has 0 spiro atoms.